The Kier molecular flexibility index (Phi) is 5.15. The Balaban J connectivity index is 2.51. The Hall–Kier alpha value is -1.39. The van der Waals surface area contributed by atoms with Gasteiger partial charge in [0.15, 0.2) is 0 Å². The highest BCUT2D eigenvalue weighted by Gasteiger charge is 2.19. The van der Waals surface area contributed by atoms with Gasteiger partial charge in [0.1, 0.15) is 5.75 Å². The fraction of sp³-hybridized carbons (Fsp3) is 0.312. The van der Waals surface area contributed by atoms with Gasteiger partial charge in [-0.3, -0.25) is 4.98 Å². The maximum Gasteiger partial charge on any atom is 0.125 e. The third-order valence-corrected chi connectivity index (χ3v) is 3.80. The fourth-order valence-electron chi connectivity index (χ4n) is 2.29. The fourth-order valence-corrected chi connectivity index (χ4v) is 2.63. The summed E-state index contributed by atoms with van der Waals surface area (Å²) in [5.41, 5.74) is 3.51. The number of aromatic nitrogens is 1. The molecule has 106 valence electrons. The van der Waals surface area contributed by atoms with Gasteiger partial charge in [-0.15, -0.1) is 0 Å². The average Bonchev–Trinajstić information content (AvgIpc) is 2.46. The molecule has 2 rings (SSSR count). The minimum absolute atomic E-state index is 0.0803. The summed E-state index contributed by atoms with van der Waals surface area (Å²) < 4.78 is 6.53. The number of methoxy groups -OCH3 is 1. The molecule has 1 aromatic heterocycles. The number of nitrogens with zero attached hydrogens (tertiary/aromatic N) is 1. The topological polar surface area (TPSA) is 34.2 Å². The van der Waals surface area contributed by atoms with Crippen molar-refractivity contribution in [2.45, 2.75) is 19.9 Å². The van der Waals surface area contributed by atoms with Gasteiger partial charge in [-0.2, -0.15) is 0 Å². The van der Waals surface area contributed by atoms with E-state index in [0.717, 1.165) is 22.3 Å². The largest absolute Gasteiger partial charge is 0.496 e. The van der Waals surface area contributed by atoms with Crippen molar-refractivity contribution < 1.29 is 4.74 Å². The second-order valence-corrected chi connectivity index (χ2v) is 5.52. The summed E-state index contributed by atoms with van der Waals surface area (Å²) in [6.45, 7) is 5.08. The molecule has 0 spiro atoms. The molecule has 2 aromatic rings. The molecule has 20 heavy (non-hydrogen) atoms. The number of ether oxygens (including phenoxy) is 1. The third kappa shape index (κ3) is 3.19. The van der Waals surface area contributed by atoms with E-state index >= 15 is 0 Å². The van der Waals surface area contributed by atoms with Gasteiger partial charge in [0.25, 0.3) is 0 Å². The molecule has 3 nitrogen and oxygen atoms in total. The van der Waals surface area contributed by atoms with Crippen LogP contribution in [0.1, 0.15) is 29.7 Å². The van der Waals surface area contributed by atoms with E-state index in [0.29, 0.717) is 0 Å². The van der Waals surface area contributed by atoms with Crippen LogP contribution in [-0.2, 0) is 0 Å². The summed E-state index contributed by atoms with van der Waals surface area (Å²) in [5, 5.41) is 3.51. The maximum absolute atomic E-state index is 5.52. The van der Waals surface area contributed by atoms with Crippen LogP contribution in [-0.4, -0.2) is 18.6 Å². The van der Waals surface area contributed by atoms with Gasteiger partial charge in [-0.1, -0.05) is 28.9 Å². The molecule has 1 aromatic carbocycles. The van der Waals surface area contributed by atoms with Gasteiger partial charge < -0.3 is 10.1 Å². The second kappa shape index (κ2) is 6.86. The summed E-state index contributed by atoms with van der Waals surface area (Å²) >= 11 is 3.48. The molecular weight excluding hydrogens is 316 g/mol. The van der Waals surface area contributed by atoms with Crippen molar-refractivity contribution in [3.05, 3.63) is 57.8 Å². The van der Waals surface area contributed by atoms with Gasteiger partial charge in [0, 0.05) is 22.4 Å². The van der Waals surface area contributed by atoms with E-state index in [4.69, 9.17) is 4.74 Å². The van der Waals surface area contributed by atoms with Crippen molar-refractivity contribution in [3.8, 4) is 5.75 Å². The first kappa shape index (κ1) is 15.0. The highest BCUT2D eigenvalue weighted by atomic mass is 79.9. The third-order valence-electron chi connectivity index (χ3n) is 3.31. The molecule has 0 radical (unpaired) electrons. The lowest BCUT2D eigenvalue weighted by Crippen LogP contribution is -2.23. The SMILES string of the molecule is CCNC(c1cnccc1C)c1ccc(Br)cc1OC. The Morgan fingerprint density at radius 3 is 2.75 bits per heavy atom. The quantitative estimate of drug-likeness (QED) is 0.901. The summed E-state index contributed by atoms with van der Waals surface area (Å²) in [4.78, 5) is 4.26. The average molecular weight is 335 g/mol. The van der Waals surface area contributed by atoms with Crippen molar-refractivity contribution in [1.29, 1.82) is 0 Å². The number of pyridine rings is 1. The number of hydrogen-bond donors (Lipinski definition) is 1. The zero-order valence-electron chi connectivity index (χ0n) is 12.0. The summed E-state index contributed by atoms with van der Waals surface area (Å²) in [6, 6.07) is 8.23. The molecule has 0 saturated heterocycles. The zero-order valence-corrected chi connectivity index (χ0v) is 13.6. The number of rotatable bonds is 5. The van der Waals surface area contributed by atoms with Crippen LogP contribution in [0.15, 0.2) is 41.1 Å². The van der Waals surface area contributed by atoms with Crippen LogP contribution in [0.3, 0.4) is 0 Å². The maximum atomic E-state index is 5.52. The lowest BCUT2D eigenvalue weighted by Gasteiger charge is -2.22. The van der Waals surface area contributed by atoms with Crippen LogP contribution < -0.4 is 10.1 Å². The van der Waals surface area contributed by atoms with E-state index in [2.05, 4.69) is 46.1 Å². The molecule has 0 aliphatic carbocycles. The predicted molar refractivity (Wildman–Crippen MR) is 85.2 cm³/mol. The molecule has 4 heteroatoms. The number of benzene rings is 1. The number of hydrogen-bond acceptors (Lipinski definition) is 3. The first-order chi connectivity index (χ1) is 9.67. The number of halogens is 1. The van der Waals surface area contributed by atoms with Gasteiger partial charge in [0.05, 0.1) is 13.2 Å². The molecule has 0 aliphatic heterocycles. The lowest BCUT2D eigenvalue weighted by molar-refractivity contribution is 0.404. The molecule has 1 N–H and O–H groups in total. The molecule has 1 unspecified atom stereocenters. The molecular formula is C16H19BrN2O. The monoisotopic (exact) mass is 334 g/mol. The lowest BCUT2D eigenvalue weighted by atomic mass is 9.96. The second-order valence-electron chi connectivity index (χ2n) is 4.61. The minimum atomic E-state index is 0.0803. The Labute approximate surface area is 128 Å². The van der Waals surface area contributed by atoms with Gasteiger partial charge in [-0.25, -0.2) is 0 Å². The Morgan fingerprint density at radius 2 is 2.10 bits per heavy atom. The normalized spacial score (nSPS) is 12.2. The smallest absolute Gasteiger partial charge is 0.125 e. The van der Waals surface area contributed by atoms with Crippen molar-refractivity contribution >= 4 is 15.9 Å². The highest BCUT2D eigenvalue weighted by Crippen LogP contribution is 2.33. The number of aryl methyl sites for hydroxylation is 1. The summed E-state index contributed by atoms with van der Waals surface area (Å²) in [7, 11) is 1.70. The Bertz CT molecular complexity index is 586. The van der Waals surface area contributed by atoms with E-state index in [1.165, 1.54) is 11.1 Å². The molecule has 1 atom stereocenters. The van der Waals surface area contributed by atoms with Gasteiger partial charge in [-0.05, 0) is 42.8 Å². The van der Waals surface area contributed by atoms with Crippen molar-refractivity contribution in [3.63, 3.8) is 0 Å². The highest BCUT2D eigenvalue weighted by molar-refractivity contribution is 9.10. The van der Waals surface area contributed by atoms with Crippen molar-refractivity contribution in [2.24, 2.45) is 0 Å². The Morgan fingerprint density at radius 1 is 1.30 bits per heavy atom. The van der Waals surface area contributed by atoms with Gasteiger partial charge in [0.2, 0.25) is 0 Å². The van der Waals surface area contributed by atoms with Crippen LogP contribution in [0.25, 0.3) is 0 Å². The molecule has 0 fully saturated rings. The van der Waals surface area contributed by atoms with Crippen LogP contribution in [0.2, 0.25) is 0 Å². The first-order valence-corrected chi connectivity index (χ1v) is 7.44. The van der Waals surface area contributed by atoms with E-state index in [9.17, 15) is 0 Å². The van der Waals surface area contributed by atoms with Gasteiger partial charge >= 0.3 is 0 Å². The molecule has 0 aliphatic rings. The minimum Gasteiger partial charge on any atom is -0.496 e. The van der Waals surface area contributed by atoms with E-state index < -0.39 is 0 Å². The van der Waals surface area contributed by atoms with Crippen molar-refractivity contribution in [1.82, 2.24) is 10.3 Å². The van der Waals surface area contributed by atoms with Crippen LogP contribution in [0.4, 0.5) is 0 Å². The van der Waals surface area contributed by atoms with Crippen LogP contribution in [0, 0.1) is 6.92 Å². The zero-order chi connectivity index (χ0) is 14.5. The molecule has 0 saturated carbocycles. The molecule has 1 heterocycles. The standard InChI is InChI=1S/C16H19BrN2O/c1-4-19-16(14-10-18-8-7-11(14)2)13-6-5-12(17)9-15(13)20-3/h5-10,16,19H,4H2,1-3H3. The van der Waals surface area contributed by atoms with Crippen LogP contribution >= 0.6 is 15.9 Å². The van der Waals surface area contributed by atoms with Crippen molar-refractivity contribution in [2.75, 3.05) is 13.7 Å². The van der Waals surface area contributed by atoms with E-state index in [1.54, 1.807) is 7.11 Å². The van der Waals surface area contributed by atoms with E-state index in [-0.39, 0.29) is 6.04 Å². The summed E-state index contributed by atoms with van der Waals surface area (Å²) in [5.74, 6) is 0.869. The van der Waals surface area contributed by atoms with Crippen LogP contribution in [0.5, 0.6) is 5.75 Å². The number of nitrogens with one attached hydrogen (secondary N) is 1. The first-order valence-electron chi connectivity index (χ1n) is 6.64. The summed E-state index contributed by atoms with van der Waals surface area (Å²) in [6.07, 6.45) is 3.74. The van der Waals surface area contributed by atoms with E-state index in [1.807, 2.05) is 30.6 Å². The predicted octanol–water partition coefficient (Wildman–Crippen LogP) is 3.86. The molecule has 0 bridgehead atoms. The molecule has 0 amide bonds.